The molecule has 0 amide bonds. The molecule has 0 radical (unpaired) electrons. The van der Waals surface area contributed by atoms with Crippen LogP contribution in [0.1, 0.15) is 16.6 Å². The quantitative estimate of drug-likeness (QED) is 0.355. The lowest BCUT2D eigenvalue weighted by molar-refractivity contribution is 0.419. The van der Waals surface area contributed by atoms with Crippen molar-refractivity contribution in [3.63, 3.8) is 0 Å². The van der Waals surface area contributed by atoms with Crippen molar-refractivity contribution in [2.24, 2.45) is 0 Å². The van der Waals surface area contributed by atoms with Gasteiger partial charge in [-0.15, -0.1) is 21.5 Å². The summed E-state index contributed by atoms with van der Waals surface area (Å²) < 4.78 is 5.81. The number of rotatable bonds is 5. The molecular weight excluding hydrogens is 452 g/mol. The minimum Gasteiger partial charge on any atom is -0.415 e. The van der Waals surface area contributed by atoms with Crippen molar-refractivity contribution in [3.05, 3.63) is 85.9 Å². The SMILES string of the molecule is Cc1nc(Cc2nnc(Sc3c(-c4ccccc4)c4cc(Cl)ccc4[nH]c3=O)o2)cs1. The number of fused-ring (bicyclic) bond motifs is 1. The lowest BCUT2D eigenvalue weighted by Gasteiger charge is -2.11. The van der Waals surface area contributed by atoms with Crippen LogP contribution in [0.5, 0.6) is 0 Å². The Labute approximate surface area is 190 Å². The molecule has 0 aliphatic rings. The van der Waals surface area contributed by atoms with Crippen molar-refractivity contribution in [1.29, 1.82) is 0 Å². The summed E-state index contributed by atoms with van der Waals surface area (Å²) in [6.07, 6.45) is 0.452. The van der Waals surface area contributed by atoms with Gasteiger partial charge in [0.2, 0.25) is 5.89 Å². The van der Waals surface area contributed by atoms with Crippen LogP contribution in [0.3, 0.4) is 0 Å². The van der Waals surface area contributed by atoms with Crippen molar-refractivity contribution >= 4 is 45.6 Å². The summed E-state index contributed by atoms with van der Waals surface area (Å²) in [7, 11) is 0. The van der Waals surface area contributed by atoms with Gasteiger partial charge in [0.25, 0.3) is 10.8 Å². The number of H-pyrrole nitrogens is 1. The number of aryl methyl sites for hydroxylation is 1. The molecule has 0 atom stereocenters. The van der Waals surface area contributed by atoms with Crippen LogP contribution in [0.2, 0.25) is 5.02 Å². The largest absolute Gasteiger partial charge is 0.415 e. The maximum Gasteiger partial charge on any atom is 0.281 e. The van der Waals surface area contributed by atoms with Crippen LogP contribution in [-0.4, -0.2) is 20.2 Å². The molecule has 31 heavy (non-hydrogen) atoms. The van der Waals surface area contributed by atoms with Crippen LogP contribution in [0, 0.1) is 6.92 Å². The highest BCUT2D eigenvalue weighted by atomic mass is 35.5. The molecule has 3 aromatic heterocycles. The molecule has 0 saturated heterocycles. The lowest BCUT2D eigenvalue weighted by atomic mass is 10.0. The Kier molecular flexibility index (Phi) is 5.35. The van der Waals surface area contributed by atoms with Crippen LogP contribution in [0.15, 0.2) is 73.2 Å². The Morgan fingerprint density at radius 3 is 2.77 bits per heavy atom. The number of pyridine rings is 1. The van der Waals surface area contributed by atoms with Gasteiger partial charge in [0, 0.05) is 26.9 Å². The normalized spacial score (nSPS) is 11.3. The molecule has 0 bridgehead atoms. The second kappa shape index (κ2) is 8.30. The van der Waals surface area contributed by atoms with Gasteiger partial charge in [-0.1, -0.05) is 41.9 Å². The van der Waals surface area contributed by atoms with Crippen LogP contribution in [0.4, 0.5) is 0 Å². The maximum atomic E-state index is 13.0. The van der Waals surface area contributed by atoms with Crippen molar-refractivity contribution in [3.8, 4) is 11.1 Å². The molecule has 1 N–H and O–H groups in total. The Bertz CT molecular complexity index is 1440. The maximum absolute atomic E-state index is 13.0. The Hall–Kier alpha value is -2.94. The third kappa shape index (κ3) is 4.14. The summed E-state index contributed by atoms with van der Waals surface area (Å²) in [5.41, 5.74) is 3.05. The average Bonchev–Trinajstić information content (AvgIpc) is 3.38. The fourth-order valence-corrected chi connectivity index (χ4v) is 4.97. The minimum atomic E-state index is -0.228. The molecule has 154 valence electrons. The molecule has 0 unspecified atom stereocenters. The molecule has 5 rings (SSSR count). The number of aromatic nitrogens is 4. The Morgan fingerprint density at radius 2 is 2.00 bits per heavy atom. The van der Waals surface area contributed by atoms with E-state index in [4.69, 9.17) is 16.0 Å². The summed E-state index contributed by atoms with van der Waals surface area (Å²) in [6.45, 7) is 1.95. The number of benzene rings is 2. The molecule has 0 spiro atoms. The number of hydrogen-bond acceptors (Lipinski definition) is 7. The summed E-state index contributed by atoms with van der Waals surface area (Å²) in [5.74, 6) is 0.453. The molecule has 0 aliphatic heterocycles. The van der Waals surface area contributed by atoms with Crippen LogP contribution >= 0.6 is 34.7 Å². The highest BCUT2D eigenvalue weighted by Crippen LogP contribution is 2.38. The number of halogens is 1. The van der Waals surface area contributed by atoms with Gasteiger partial charge in [-0.2, -0.15) is 0 Å². The molecule has 0 saturated carbocycles. The van der Waals surface area contributed by atoms with Crippen LogP contribution in [0.25, 0.3) is 22.0 Å². The zero-order chi connectivity index (χ0) is 21.4. The van der Waals surface area contributed by atoms with E-state index < -0.39 is 0 Å². The van der Waals surface area contributed by atoms with Crippen LogP contribution < -0.4 is 5.56 Å². The summed E-state index contributed by atoms with van der Waals surface area (Å²) in [6, 6.07) is 15.1. The van der Waals surface area contributed by atoms with E-state index in [-0.39, 0.29) is 5.56 Å². The number of nitrogens with one attached hydrogen (secondary N) is 1. The van der Waals surface area contributed by atoms with E-state index in [1.165, 1.54) is 0 Å². The Balaban J connectivity index is 1.58. The second-order valence-corrected chi connectivity index (χ2v) is 9.27. The highest BCUT2D eigenvalue weighted by molar-refractivity contribution is 7.99. The zero-order valence-corrected chi connectivity index (χ0v) is 18.6. The number of hydrogen-bond donors (Lipinski definition) is 1. The molecule has 3 heterocycles. The number of thiazole rings is 1. The van der Waals surface area contributed by atoms with E-state index in [0.29, 0.717) is 33.0 Å². The number of aromatic amines is 1. The smallest absolute Gasteiger partial charge is 0.281 e. The standard InChI is InChI=1S/C22H15ClN4O2S2/c1-12-24-15(11-30-12)10-18-26-27-22(29-18)31-20-19(13-5-3-2-4-6-13)16-9-14(23)7-8-17(16)25-21(20)28/h2-9,11H,10H2,1H3,(H,25,28). The molecule has 0 fully saturated rings. The van der Waals surface area contributed by atoms with Crippen molar-refractivity contribution < 1.29 is 4.42 Å². The first-order chi connectivity index (χ1) is 15.1. The van der Waals surface area contributed by atoms with Gasteiger partial charge in [0.05, 0.1) is 22.0 Å². The molecule has 2 aromatic carbocycles. The molecular formula is C22H15ClN4O2S2. The predicted molar refractivity (Wildman–Crippen MR) is 123 cm³/mol. The third-order valence-electron chi connectivity index (χ3n) is 4.63. The molecule has 0 aliphatic carbocycles. The van der Waals surface area contributed by atoms with Gasteiger partial charge in [-0.05, 0) is 42.4 Å². The summed E-state index contributed by atoms with van der Waals surface area (Å²) in [5, 5.41) is 12.9. The highest BCUT2D eigenvalue weighted by Gasteiger charge is 2.19. The minimum absolute atomic E-state index is 0.228. The van der Waals surface area contributed by atoms with Crippen LogP contribution in [-0.2, 0) is 6.42 Å². The first-order valence-electron chi connectivity index (χ1n) is 9.39. The van der Waals surface area contributed by atoms with Crippen molar-refractivity contribution in [1.82, 2.24) is 20.2 Å². The molecule has 5 aromatic rings. The topological polar surface area (TPSA) is 84.7 Å². The fourth-order valence-electron chi connectivity index (χ4n) is 3.32. The van der Waals surface area contributed by atoms with Gasteiger partial charge < -0.3 is 9.40 Å². The van der Waals surface area contributed by atoms with Gasteiger partial charge in [-0.3, -0.25) is 4.79 Å². The van der Waals surface area contributed by atoms with E-state index in [0.717, 1.165) is 39.0 Å². The summed E-state index contributed by atoms with van der Waals surface area (Å²) >= 11 is 8.99. The first-order valence-corrected chi connectivity index (χ1v) is 11.5. The predicted octanol–water partition coefficient (Wildman–Crippen LogP) is 5.74. The van der Waals surface area contributed by atoms with Gasteiger partial charge >= 0.3 is 0 Å². The average molecular weight is 467 g/mol. The molecule has 6 nitrogen and oxygen atoms in total. The second-order valence-electron chi connectivity index (χ2n) is 6.81. The zero-order valence-electron chi connectivity index (χ0n) is 16.3. The lowest BCUT2D eigenvalue weighted by Crippen LogP contribution is -2.10. The van der Waals surface area contributed by atoms with Gasteiger partial charge in [0.1, 0.15) is 0 Å². The fraction of sp³-hybridized carbons (Fsp3) is 0.0909. The van der Waals surface area contributed by atoms with Crippen molar-refractivity contribution in [2.75, 3.05) is 0 Å². The first kappa shape index (κ1) is 20.0. The number of nitrogens with zero attached hydrogens (tertiary/aromatic N) is 3. The van der Waals surface area contributed by atoms with E-state index in [9.17, 15) is 4.79 Å². The van der Waals surface area contributed by atoms with Gasteiger partial charge in [-0.25, -0.2) is 4.98 Å². The van der Waals surface area contributed by atoms with Crippen molar-refractivity contribution in [2.45, 2.75) is 23.5 Å². The monoisotopic (exact) mass is 466 g/mol. The van der Waals surface area contributed by atoms with Gasteiger partial charge in [0.15, 0.2) is 0 Å². The molecule has 9 heteroatoms. The Morgan fingerprint density at radius 1 is 1.16 bits per heavy atom. The summed E-state index contributed by atoms with van der Waals surface area (Å²) in [4.78, 5) is 20.8. The van der Waals surface area contributed by atoms with E-state index in [1.807, 2.05) is 48.7 Å². The van der Waals surface area contributed by atoms with E-state index in [2.05, 4.69) is 20.2 Å². The van der Waals surface area contributed by atoms with E-state index in [1.54, 1.807) is 23.5 Å². The van der Waals surface area contributed by atoms with E-state index >= 15 is 0 Å². The third-order valence-corrected chi connectivity index (χ3v) is 6.62.